The van der Waals surface area contributed by atoms with Crippen molar-refractivity contribution in [1.29, 1.82) is 0 Å². The van der Waals surface area contributed by atoms with Crippen LogP contribution >= 0.6 is 0 Å². The fourth-order valence-corrected chi connectivity index (χ4v) is 3.51. The number of imidazole rings is 1. The molecule has 0 spiro atoms. The maximum atomic E-state index is 12.2. The Morgan fingerprint density at radius 1 is 0.879 bits per heavy atom. The van der Waals surface area contributed by atoms with Gasteiger partial charge in [-0.2, -0.15) is 0 Å². The summed E-state index contributed by atoms with van der Waals surface area (Å²) in [5.41, 5.74) is 8.01. The molecule has 10 heteroatoms. The molecule has 0 aliphatic carbocycles. The zero-order valence-corrected chi connectivity index (χ0v) is 18.7. The molecule has 4 aromatic rings. The van der Waals surface area contributed by atoms with Crippen LogP contribution < -0.4 is 24.7 Å². The van der Waals surface area contributed by atoms with Crippen molar-refractivity contribution in [2.24, 2.45) is 5.73 Å². The number of amides is 1. The van der Waals surface area contributed by atoms with E-state index in [1.54, 1.807) is 53.0 Å². The fraction of sp³-hybridized carbons (Fsp3) is 0.217. The third kappa shape index (κ3) is 4.10. The van der Waals surface area contributed by atoms with Crippen LogP contribution in [0.5, 0.6) is 23.0 Å². The third-order valence-corrected chi connectivity index (χ3v) is 5.14. The summed E-state index contributed by atoms with van der Waals surface area (Å²) in [6.07, 6.45) is 1.60. The number of rotatable bonds is 8. The number of fused-ring (bicyclic) bond motifs is 1. The van der Waals surface area contributed by atoms with Gasteiger partial charge in [-0.25, -0.2) is 15.0 Å². The average molecular weight is 449 g/mol. The lowest BCUT2D eigenvalue weighted by molar-refractivity contribution is 0.0997. The monoisotopic (exact) mass is 449 g/mol. The Balaban J connectivity index is 1.82. The molecule has 2 aromatic heterocycles. The number of aromatic nitrogens is 4. The molecule has 0 bridgehead atoms. The van der Waals surface area contributed by atoms with Crippen LogP contribution in [-0.4, -0.2) is 53.9 Å². The smallest absolute Gasteiger partial charge is 0.269 e. The van der Waals surface area contributed by atoms with E-state index < -0.39 is 5.91 Å². The number of primary amides is 1. The van der Waals surface area contributed by atoms with Crippen molar-refractivity contribution in [2.75, 3.05) is 28.4 Å². The molecular weight excluding hydrogens is 426 g/mol. The van der Waals surface area contributed by atoms with E-state index >= 15 is 0 Å². The summed E-state index contributed by atoms with van der Waals surface area (Å²) in [4.78, 5) is 25.6. The van der Waals surface area contributed by atoms with Crippen molar-refractivity contribution >= 4 is 17.1 Å². The Morgan fingerprint density at radius 3 is 2.15 bits per heavy atom. The van der Waals surface area contributed by atoms with E-state index in [1.165, 1.54) is 0 Å². The summed E-state index contributed by atoms with van der Waals surface area (Å²) >= 11 is 0. The normalized spacial score (nSPS) is 10.8. The van der Waals surface area contributed by atoms with E-state index in [4.69, 9.17) is 24.7 Å². The van der Waals surface area contributed by atoms with Crippen LogP contribution in [0.25, 0.3) is 22.6 Å². The zero-order valence-electron chi connectivity index (χ0n) is 18.7. The van der Waals surface area contributed by atoms with Crippen molar-refractivity contribution in [3.8, 4) is 34.4 Å². The van der Waals surface area contributed by atoms with Gasteiger partial charge in [-0.3, -0.25) is 4.79 Å². The molecule has 0 unspecified atom stereocenters. The van der Waals surface area contributed by atoms with Crippen LogP contribution in [0.15, 0.2) is 42.7 Å². The summed E-state index contributed by atoms with van der Waals surface area (Å²) in [7, 11) is 6.26. The summed E-state index contributed by atoms with van der Waals surface area (Å²) in [5.74, 6) is 1.93. The molecule has 1 amide bonds. The van der Waals surface area contributed by atoms with Crippen LogP contribution in [0.4, 0.5) is 0 Å². The molecule has 2 aromatic carbocycles. The summed E-state index contributed by atoms with van der Waals surface area (Å²) in [6.45, 7) is 0.428. The molecule has 2 heterocycles. The van der Waals surface area contributed by atoms with Crippen LogP contribution in [0.2, 0.25) is 0 Å². The Morgan fingerprint density at radius 2 is 1.52 bits per heavy atom. The highest BCUT2D eigenvalue weighted by atomic mass is 16.5. The highest BCUT2D eigenvalue weighted by Gasteiger charge is 2.19. The Labute approximate surface area is 189 Å². The van der Waals surface area contributed by atoms with Gasteiger partial charge in [0.25, 0.3) is 5.91 Å². The quantitative estimate of drug-likeness (QED) is 0.435. The largest absolute Gasteiger partial charge is 0.493 e. The van der Waals surface area contributed by atoms with E-state index in [0.717, 1.165) is 5.56 Å². The molecule has 4 rings (SSSR count). The van der Waals surface area contributed by atoms with E-state index in [-0.39, 0.29) is 5.69 Å². The number of nitrogens with two attached hydrogens (primary N) is 1. The van der Waals surface area contributed by atoms with Gasteiger partial charge < -0.3 is 29.2 Å². The minimum Gasteiger partial charge on any atom is -0.493 e. The highest BCUT2D eigenvalue weighted by molar-refractivity contribution is 6.01. The second kappa shape index (κ2) is 9.03. The second-order valence-corrected chi connectivity index (χ2v) is 7.06. The summed E-state index contributed by atoms with van der Waals surface area (Å²) in [6, 6.07) is 10.9. The van der Waals surface area contributed by atoms with Gasteiger partial charge in [-0.05, 0) is 35.9 Å². The van der Waals surface area contributed by atoms with Gasteiger partial charge in [0.1, 0.15) is 5.52 Å². The number of carbonyl (C=O) groups is 1. The van der Waals surface area contributed by atoms with E-state index in [2.05, 4.69) is 15.0 Å². The minimum absolute atomic E-state index is 0.0378. The van der Waals surface area contributed by atoms with Gasteiger partial charge in [-0.15, -0.1) is 0 Å². The SMILES string of the molecule is COc1ccc(Cn2cnc3c(C(N)=O)nc(-c4ccc(OC)c(OC)c4)nc32)cc1OC. The van der Waals surface area contributed by atoms with Gasteiger partial charge in [0.15, 0.2) is 40.2 Å². The number of ether oxygens (including phenoxy) is 4. The predicted octanol–water partition coefficient (Wildman–Crippen LogP) is 2.67. The van der Waals surface area contributed by atoms with E-state index in [9.17, 15) is 4.79 Å². The molecule has 0 fully saturated rings. The molecule has 0 radical (unpaired) electrons. The average Bonchev–Trinajstić information content (AvgIpc) is 3.25. The Hall–Kier alpha value is -4.34. The maximum absolute atomic E-state index is 12.2. The lowest BCUT2D eigenvalue weighted by Crippen LogP contribution is -2.15. The summed E-state index contributed by atoms with van der Waals surface area (Å²) < 4.78 is 23.2. The van der Waals surface area contributed by atoms with Crippen LogP contribution in [0, 0.1) is 0 Å². The van der Waals surface area contributed by atoms with Crippen molar-refractivity contribution in [1.82, 2.24) is 19.5 Å². The van der Waals surface area contributed by atoms with Crippen LogP contribution in [0.3, 0.4) is 0 Å². The van der Waals surface area contributed by atoms with Gasteiger partial charge in [0.2, 0.25) is 0 Å². The molecule has 10 nitrogen and oxygen atoms in total. The second-order valence-electron chi connectivity index (χ2n) is 7.06. The molecule has 0 aliphatic rings. The van der Waals surface area contributed by atoms with Crippen molar-refractivity contribution in [3.63, 3.8) is 0 Å². The number of hydrogen-bond acceptors (Lipinski definition) is 8. The minimum atomic E-state index is -0.694. The number of benzene rings is 2. The van der Waals surface area contributed by atoms with E-state index in [0.29, 0.717) is 52.1 Å². The predicted molar refractivity (Wildman–Crippen MR) is 121 cm³/mol. The molecular formula is C23H23N5O5. The van der Waals surface area contributed by atoms with Gasteiger partial charge in [0, 0.05) is 5.56 Å². The molecule has 0 saturated carbocycles. The Bertz CT molecular complexity index is 1330. The fourth-order valence-electron chi connectivity index (χ4n) is 3.51. The van der Waals surface area contributed by atoms with Crippen molar-refractivity contribution in [3.05, 3.63) is 54.0 Å². The number of nitrogens with zero attached hydrogens (tertiary/aromatic N) is 4. The molecule has 0 aliphatic heterocycles. The van der Waals surface area contributed by atoms with Gasteiger partial charge >= 0.3 is 0 Å². The molecule has 0 atom stereocenters. The first kappa shape index (κ1) is 21.9. The van der Waals surface area contributed by atoms with Gasteiger partial charge in [-0.1, -0.05) is 6.07 Å². The zero-order chi connectivity index (χ0) is 23.5. The number of carbonyl (C=O) groups excluding carboxylic acids is 1. The first-order chi connectivity index (χ1) is 16.0. The molecule has 2 N–H and O–H groups in total. The lowest BCUT2D eigenvalue weighted by Gasteiger charge is -2.11. The highest BCUT2D eigenvalue weighted by Crippen LogP contribution is 2.32. The maximum Gasteiger partial charge on any atom is 0.269 e. The first-order valence-corrected chi connectivity index (χ1v) is 9.95. The van der Waals surface area contributed by atoms with E-state index in [1.807, 2.05) is 22.8 Å². The number of methoxy groups -OCH3 is 4. The van der Waals surface area contributed by atoms with Crippen LogP contribution in [0.1, 0.15) is 16.1 Å². The number of hydrogen-bond donors (Lipinski definition) is 1. The molecule has 0 saturated heterocycles. The van der Waals surface area contributed by atoms with Crippen molar-refractivity contribution < 1.29 is 23.7 Å². The lowest BCUT2D eigenvalue weighted by atomic mass is 10.1. The molecule has 33 heavy (non-hydrogen) atoms. The molecule has 170 valence electrons. The third-order valence-electron chi connectivity index (χ3n) is 5.14. The Kier molecular flexibility index (Phi) is 5.99. The first-order valence-electron chi connectivity index (χ1n) is 9.95. The van der Waals surface area contributed by atoms with Crippen LogP contribution in [-0.2, 0) is 6.54 Å². The summed E-state index contributed by atoms with van der Waals surface area (Å²) in [5, 5.41) is 0. The standard InChI is InChI=1S/C23H23N5O5/c1-30-15-7-5-13(9-17(15)32-3)11-28-12-25-20-19(21(24)29)26-22(27-23(20)28)14-6-8-16(31-2)18(10-14)33-4/h5-10,12H,11H2,1-4H3,(H2,24,29). The van der Waals surface area contributed by atoms with Gasteiger partial charge in [0.05, 0.1) is 41.3 Å². The van der Waals surface area contributed by atoms with Crippen molar-refractivity contribution in [2.45, 2.75) is 6.54 Å². The topological polar surface area (TPSA) is 124 Å².